The summed E-state index contributed by atoms with van der Waals surface area (Å²) in [5.41, 5.74) is 1.60. The fourth-order valence-corrected chi connectivity index (χ4v) is 3.51. The van der Waals surface area contributed by atoms with Crippen LogP contribution >= 0.6 is 0 Å². The highest BCUT2D eigenvalue weighted by molar-refractivity contribution is 5.97. The normalized spacial score (nSPS) is 15.8. The fraction of sp³-hybridized carbons (Fsp3) is 0.318. The van der Waals surface area contributed by atoms with Crippen LogP contribution in [-0.2, 0) is 9.59 Å². The molecule has 8 heteroatoms. The second-order valence-corrected chi connectivity index (χ2v) is 7.11. The summed E-state index contributed by atoms with van der Waals surface area (Å²) in [6.45, 7) is 2.82. The van der Waals surface area contributed by atoms with Gasteiger partial charge in [0.25, 0.3) is 0 Å². The molecule has 1 fully saturated rings. The maximum Gasteiger partial charge on any atom is 0.321 e. The minimum absolute atomic E-state index is 0.0633. The average molecular weight is 409 g/mol. The number of imide groups is 1. The predicted octanol–water partition coefficient (Wildman–Crippen LogP) is 1.44. The first kappa shape index (κ1) is 21.5. The van der Waals surface area contributed by atoms with Gasteiger partial charge in [-0.05, 0) is 17.7 Å². The van der Waals surface area contributed by atoms with Gasteiger partial charge in [0.2, 0.25) is 11.8 Å². The van der Waals surface area contributed by atoms with Gasteiger partial charge in [-0.25, -0.2) is 4.79 Å². The van der Waals surface area contributed by atoms with E-state index in [-0.39, 0.29) is 11.8 Å². The molecular weight excluding hydrogens is 382 g/mol. The van der Waals surface area contributed by atoms with E-state index in [1.165, 1.54) is 7.05 Å². The van der Waals surface area contributed by atoms with Crippen LogP contribution in [0.1, 0.15) is 11.6 Å². The number of para-hydroxylation sites is 1. The zero-order chi connectivity index (χ0) is 21.3. The smallest absolute Gasteiger partial charge is 0.321 e. The summed E-state index contributed by atoms with van der Waals surface area (Å²) < 4.78 is 0. The number of nitrogens with zero attached hydrogens (tertiary/aromatic N) is 2. The summed E-state index contributed by atoms with van der Waals surface area (Å²) in [6.07, 6.45) is 0. The van der Waals surface area contributed by atoms with E-state index >= 15 is 0 Å². The number of nitrogens with one attached hydrogen (secondary N) is 3. The standard InChI is InChI=1S/C22H27N5O3/c1-23-22(30)25-21(29)20(17-8-4-2-5-9-17)27-14-12-26(13-15-27)16-19(28)24-18-10-6-3-7-11-18/h2-11,20H,12-16H2,1H3,(H,24,28)(H2,23,25,29,30). The minimum atomic E-state index is -0.566. The van der Waals surface area contributed by atoms with Gasteiger partial charge in [0.05, 0.1) is 6.54 Å². The molecule has 0 aliphatic carbocycles. The lowest BCUT2D eigenvalue weighted by molar-refractivity contribution is -0.127. The number of benzene rings is 2. The van der Waals surface area contributed by atoms with Crippen molar-refractivity contribution in [2.75, 3.05) is 45.1 Å². The number of urea groups is 1. The van der Waals surface area contributed by atoms with Crippen molar-refractivity contribution >= 4 is 23.5 Å². The Morgan fingerprint density at radius 3 is 2.10 bits per heavy atom. The Labute approximate surface area is 176 Å². The zero-order valence-electron chi connectivity index (χ0n) is 17.0. The van der Waals surface area contributed by atoms with Crippen LogP contribution in [0.5, 0.6) is 0 Å². The molecule has 4 amide bonds. The van der Waals surface area contributed by atoms with Crippen molar-refractivity contribution in [3.05, 3.63) is 66.2 Å². The van der Waals surface area contributed by atoms with Crippen LogP contribution < -0.4 is 16.0 Å². The monoisotopic (exact) mass is 409 g/mol. The fourth-order valence-electron chi connectivity index (χ4n) is 3.51. The number of hydrogen-bond acceptors (Lipinski definition) is 5. The van der Waals surface area contributed by atoms with Gasteiger partial charge in [-0.3, -0.25) is 24.7 Å². The van der Waals surface area contributed by atoms with E-state index in [0.717, 1.165) is 11.3 Å². The van der Waals surface area contributed by atoms with Gasteiger partial charge in [-0.2, -0.15) is 0 Å². The van der Waals surface area contributed by atoms with Crippen molar-refractivity contribution in [3.8, 4) is 0 Å². The van der Waals surface area contributed by atoms with Crippen LogP contribution in [0.2, 0.25) is 0 Å². The number of rotatable bonds is 6. The minimum Gasteiger partial charge on any atom is -0.341 e. The number of amides is 4. The van der Waals surface area contributed by atoms with Crippen LogP contribution in [0.3, 0.4) is 0 Å². The van der Waals surface area contributed by atoms with Crippen LogP contribution in [0.25, 0.3) is 0 Å². The van der Waals surface area contributed by atoms with Crippen molar-refractivity contribution < 1.29 is 14.4 Å². The second-order valence-electron chi connectivity index (χ2n) is 7.11. The zero-order valence-corrected chi connectivity index (χ0v) is 17.0. The molecule has 3 N–H and O–H groups in total. The van der Waals surface area contributed by atoms with Crippen LogP contribution in [0, 0.1) is 0 Å². The molecule has 0 saturated carbocycles. The first-order valence-electron chi connectivity index (χ1n) is 9.95. The van der Waals surface area contributed by atoms with Crippen molar-refractivity contribution in [2.45, 2.75) is 6.04 Å². The number of carbonyl (C=O) groups excluding carboxylic acids is 3. The Kier molecular flexibility index (Phi) is 7.53. The van der Waals surface area contributed by atoms with E-state index < -0.39 is 12.1 Å². The summed E-state index contributed by atoms with van der Waals surface area (Å²) in [5, 5.41) is 7.69. The average Bonchev–Trinajstić information content (AvgIpc) is 2.76. The molecule has 1 heterocycles. The highest BCUT2D eigenvalue weighted by Gasteiger charge is 2.31. The van der Waals surface area contributed by atoms with E-state index in [1.54, 1.807) is 0 Å². The number of anilines is 1. The van der Waals surface area contributed by atoms with Crippen molar-refractivity contribution in [1.29, 1.82) is 0 Å². The molecular formula is C22H27N5O3. The van der Waals surface area contributed by atoms with E-state index in [4.69, 9.17) is 0 Å². The lowest BCUT2D eigenvalue weighted by atomic mass is 10.0. The third-order valence-corrected chi connectivity index (χ3v) is 5.02. The van der Waals surface area contributed by atoms with E-state index in [2.05, 4.69) is 20.9 Å². The van der Waals surface area contributed by atoms with Gasteiger partial charge in [0.15, 0.2) is 0 Å². The Morgan fingerprint density at radius 2 is 1.50 bits per heavy atom. The third-order valence-electron chi connectivity index (χ3n) is 5.02. The molecule has 8 nitrogen and oxygen atoms in total. The molecule has 0 bridgehead atoms. The third kappa shape index (κ3) is 5.88. The van der Waals surface area contributed by atoms with Gasteiger partial charge in [0.1, 0.15) is 6.04 Å². The van der Waals surface area contributed by atoms with Gasteiger partial charge < -0.3 is 10.6 Å². The lowest BCUT2D eigenvalue weighted by Gasteiger charge is -2.38. The van der Waals surface area contributed by atoms with Gasteiger partial charge in [-0.1, -0.05) is 48.5 Å². The molecule has 2 aromatic rings. The number of carbonyl (C=O) groups is 3. The molecule has 158 valence electrons. The summed E-state index contributed by atoms with van der Waals surface area (Å²) in [7, 11) is 1.47. The topological polar surface area (TPSA) is 93.8 Å². The second kappa shape index (κ2) is 10.5. The van der Waals surface area contributed by atoms with E-state index in [9.17, 15) is 14.4 Å². The van der Waals surface area contributed by atoms with Crippen molar-refractivity contribution in [1.82, 2.24) is 20.4 Å². The molecule has 0 aromatic heterocycles. The Bertz CT molecular complexity index is 852. The van der Waals surface area contributed by atoms with Crippen LogP contribution in [0.15, 0.2) is 60.7 Å². The predicted molar refractivity (Wildman–Crippen MR) is 115 cm³/mol. The SMILES string of the molecule is CNC(=O)NC(=O)C(c1ccccc1)N1CCN(CC(=O)Nc2ccccc2)CC1. The maximum atomic E-state index is 12.8. The Morgan fingerprint density at radius 1 is 0.900 bits per heavy atom. The van der Waals surface area contributed by atoms with Crippen LogP contribution in [-0.4, -0.2) is 67.4 Å². The summed E-state index contributed by atoms with van der Waals surface area (Å²) in [5.74, 6) is -0.428. The molecule has 3 rings (SSSR count). The van der Waals surface area contributed by atoms with Crippen molar-refractivity contribution in [2.24, 2.45) is 0 Å². The Balaban J connectivity index is 1.59. The van der Waals surface area contributed by atoms with Gasteiger partial charge >= 0.3 is 6.03 Å². The molecule has 0 radical (unpaired) electrons. The lowest BCUT2D eigenvalue weighted by Crippen LogP contribution is -2.53. The molecule has 1 atom stereocenters. The molecule has 30 heavy (non-hydrogen) atoms. The molecule has 2 aromatic carbocycles. The maximum absolute atomic E-state index is 12.8. The molecule has 1 unspecified atom stereocenters. The highest BCUT2D eigenvalue weighted by atomic mass is 16.2. The van der Waals surface area contributed by atoms with Gasteiger partial charge in [-0.15, -0.1) is 0 Å². The summed E-state index contributed by atoms with van der Waals surface area (Å²) in [6, 6.07) is 17.7. The summed E-state index contributed by atoms with van der Waals surface area (Å²) >= 11 is 0. The molecule has 1 aliphatic rings. The largest absolute Gasteiger partial charge is 0.341 e. The number of piperazine rings is 1. The van der Waals surface area contributed by atoms with E-state index in [1.807, 2.05) is 65.6 Å². The van der Waals surface area contributed by atoms with E-state index in [0.29, 0.717) is 32.7 Å². The first-order valence-corrected chi connectivity index (χ1v) is 9.95. The quantitative estimate of drug-likeness (QED) is 0.671. The Hall–Kier alpha value is -3.23. The number of hydrogen-bond donors (Lipinski definition) is 3. The molecule has 0 spiro atoms. The summed E-state index contributed by atoms with van der Waals surface area (Å²) in [4.78, 5) is 40.8. The molecule has 1 saturated heterocycles. The highest BCUT2D eigenvalue weighted by Crippen LogP contribution is 2.22. The van der Waals surface area contributed by atoms with Crippen molar-refractivity contribution in [3.63, 3.8) is 0 Å². The first-order chi connectivity index (χ1) is 14.6. The van der Waals surface area contributed by atoms with Crippen LogP contribution in [0.4, 0.5) is 10.5 Å². The molecule has 1 aliphatic heterocycles. The van der Waals surface area contributed by atoms with Gasteiger partial charge in [0, 0.05) is 38.9 Å².